The van der Waals surface area contributed by atoms with Crippen LogP contribution in [0.5, 0.6) is 0 Å². The Labute approximate surface area is 81.7 Å². The smallest absolute Gasteiger partial charge is 0.0313 e. The van der Waals surface area contributed by atoms with Crippen molar-refractivity contribution >= 4 is 0 Å². The highest BCUT2D eigenvalue weighted by molar-refractivity contribution is 5.17. The van der Waals surface area contributed by atoms with Gasteiger partial charge in [-0.25, -0.2) is 0 Å². The van der Waals surface area contributed by atoms with Crippen LogP contribution in [0.3, 0.4) is 0 Å². The van der Waals surface area contributed by atoms with Crippen molar-refractivity contribution in [3.05, 3.63) is 67.7 Å². The summed E-state index contributed by atoms with van der Waals surface area (Å²) in [4.78, 5) is 0. The predicted molar refractivity (Wildman–Crippen MR) is 61.3 cm³/mol. The first-order valence-electron chi connectivity index (χ1n) is 4.52. The fraction of sp³-hybridized carbons (Fsp3) is 0.154. The SMILES string of the molecule is [CH2]/C=C/C=C/C=C/C=C/C=C/CC. The molecule has 13 heavy (non-hydrogen) atoms. The molecule has 0 aromatic heterocycles. The van der Waals surface area contributed by atoms with Gasteiger partial charge < -0.3 is 0 Å². The van der Waals surface area contributed by atoms with Gasteiger partial charge in [0.15, 0.2) is 0 Å². The van der Waals surface area contributed by atoms with Gasteiger partial charge in [0, 0.05) is 0 Å². The molecule has 69 valence electrons. The molecule has 0 saturated carbocycles. The van der Waals surface area contributed by atoms with Crippen molar-refractivity contribution in [1.29, 1.82) is 0 Å². The predicted octanol–water partition coefficient (Wildman–Crippen LogP) is 4.01. The zero-order valence-electron chi connectivity index (χ0n) is 8.19. The van der Waals surface area contributed by atoms with E-state index in [1.807, 2.05) is 48.6 Å². The van der Waals surface area contributed by atoms with Crippen molar-refractivity contribution in [2.75, 3.05) is 0 Å². The summed E-state index contributed by atoms with van der Waals surface area (Å²) in [7, 11) is 0. The molecule has 0 N–H and O–H groups in total. The molecule has 0 aromatic rings. The summed E-state index contributed by atoms with van der Waals surface area (Å²) in [5.74, 6) is 0. The Kier molecular flexibility index (Phi) is 9.63. The molecule has 0 bridgehead atoms. The third-order valence-electron chi connectivity index (χ3n) is 1.29. The molecule has 0 unspecified atom stereocenters. The number of hydrogen-bond acceptors (Lipinski definition) is 0. The van der Waals surface area contributed by atoms with Crippen LogP contribution in [-0.4, -0.2) is 0 Å². The normalized spacial score (nSPS) is 13.7. The lowest BCUT2D eigenvalue weighted by molar-refractivity contribution is 1.22. The minimum absolute atomic E-state index is 1.09. The summed E-state index contributed by atoms with van der Waals surface area (Å²) in [6.07, 6.45) is 20.8. The van der Waals surface area contributed by atoms with Gasteiger partial charge in [-0.2, -0.15) is 0 Å². The molecular weight excluding hydrogens is 156 g/mol. The molecule has 1 radical (unpaired) electrons. The van der Waals surface area contributed by atoms with E-state index in [0.717, 1.165) is 6.42 Å². The number of hydrogen-bond donors (Lipinski definition) is 0. The summed E-state index contributed by atoms with van der Waals surface area (Å²) >= 11 is 0. The van der Waals surface area contributed by atoms with Gasteiger partial charge in [-0.15, -0.1) is 0 Å². The lowest BCUT2D eigenvalue weighted by atomic mass is 10.3. The minimum Gasteiger partial charge on any atom is -0.0848 e. The Bertz CT molecular complexity index is 224. The summed E-state index contributed by atoms with van der Waals surface area (Å²) in [6.45, 7) is 5.69. The van der Waals surface area contributed by atoms with Crippen molar-refractivity contribution in [2.45, 2.75) is 13.3 Å². The lowest BCUT2D eigenvalue weighted by Crippen LogP contribution is -1.53. The molecule has 0 heteroatoms. The van der Waals surface area contributed by atoms with Gasteiger partial charge in [-0.1, -0.05) is 67.7 Å². The standard InChI is InChI=1S/C13H17/c1-3-5-7-9-11-13-12-10-8-6-4-2/h3,5-13H,1,4H2,2H3/b5-3+,8-6+,9-7+,12-10+,13-11+. The Balaban J connectivity index is 3.62. The molecule has 0 spiro atoms. The van der Waals surface area contributed by atoms with Gasteiger partial charge in [-0.05, 0) is 13.3 Å². The van der Waals surface area contributed by atoms with Crippen LogP contribution >= 0.6 is 0 Å². The van der Waals surface area contributed by atoms with Crippen molar-refractivity contribution < 1.29 is 0 Å². The molecule has 0 fully saturated rings. The van der Waals surface area contributed by atoms with Crippen LogP contribution in [0.4, 0.5) is 0 Å². The number of rotatable bonds is 5. The largest absolute Gasteiger partial charge is 0.0848 e. The molecule has 0 rings (SSSR count). The lowest BCUT2D eigenvalue weighted by Gasteiger charge is -1.74. The fourth-order valence-electron chi connectivity index (χ4n) is 0.678. The molecule has 0 nitrogen and oxygen atoms in total. The maximum atomic E-state index is 3.57. The van der Waals surface area contributed by atoms with Crippen LogP contribution in [0.2, 0.25) is 0 Å². The second-order valence-corrected chi connectivity index (χ2v) is 2.42. The number of allylic oxidation sites excluding steroid dienone is 10. The van der Waals surface area contributed by atoms with Crippen LogP contribution < -0.4 is 0 Å². The zero-order chi connectivity index (χ0) is 9.78. The molecular formula is C13H17. The van der Waals surface area contributed by atoms with Crippen LogP contribution in [0.1, 0.15) is 13.3 Å². The van der Waals surface area contributed by atoms with Crippen molar-refractivity contribution in [1.82, 2.24) is 0 Å². The Morgan fingerprint density at radius 1 is 0.769 bits per heavy atom. The van der Waals surface area contributed by atoms with Crippen LogP contribution in [0.25, 0.3) is 0 Å². The highest BCUT2D eigenvalue weighted by Crippen LogP contribution is 1.84. The van der Waals surface area contributed by atoms with E-state index in [0.29, 0.717) is 0 Å². The molecule has 0 heterocycles. The van der Waals surface area contributed by atoms with E-state index in [4.69, 9.17) is 0 Å². The minimum atomic E-state index is 1.09. The summed E-state index contributed by atoms with van der Waals surface area (Å²) in [6, 6.07) is 0. The van der Waals surface area contributed by atoms with Crippen LogP contribution in [0.15, 0.2) is 60.8 Å². The van der Waals surface area contributed by atoms with Gasteiger partial charge in [0.1, 0.15) is 0 Å². The third kappa shape index (κ3) is 10.7. The van der Waals surface area contributed by atoms with Crippen molar-refractivity contribution in [2.24, 2.45) is 0 Å². The monoisotopic (exact) mass is 173 g/mol. The second kappa shape index (κ2) is 10.7. The van der Waals surface area contributed by atoms with E-state index in [-0.39, 0.29) is 0 Å². The van der Waals surface area contributed by atoms with Crippen LogP contribution in [-0.2, 0) is 0 Å². The van der Waals surface area contributed by atoms with E-state index >= 15 is 0 Å². The first kappa shape index (κ1) is 11.7. The average Bonchev–Trinajstić information content (AvgIpc) is 2.16. The zero-order valence-corrected chi connectivity index (χ0v) is 8.19. The quantitative estimate of drug-likeness (QED) is 0.551. The van der Waals surface area contributed by atoms with Gasteiger partial charge in [0.05, 0.1) is 0 Å². The van der Waals surface area contributed by atoms with Crippen molar-refractivity contribution in [3.8, 4) is 0 Å². The van der Waals surface area contributed by atoms with Gasteiger partial charge in [0.2, 0.25) is 0 Å². The molecule has 0 aliphatic heterocycles. The second-order valence-electron chi connectivity index (χ2n) is 2.42. The van der Waals surface area contributed by atoms with E-state index < -0.39 is 0 Å². The molecule has 0 aliphatic rings. The third-order valence-corrected chi connectivity index (χ3v) is 1.29. The average molecular weight is 173 g/mol. The molecule has 0 amide bonds. The Morgan fingerprint density at radius 3 is 1.69 bits per heavy atom. The summed E-state index contributed by atoms with van der Waals surface area (Å²) < 4.78 is 0. The first-order valence-corrected chi connectivity index (χ1v) is 4.52. The highest BCUT2D eigenvalue weighted by Gasteiger charge is 1.63. The van der Waals surface area contributed by atoms with E-state index in [1.165, 1.54) is 0 Å². The highest BCUT2D eigenvalue weighted by atomic mass is 13.7. The van der Waals surface area contributed by atoms with Crippen molar-refractivity contribution in [3.63, 3.8) is 0 Å². The van der Waals surface area contributed by atoms with Crippen LogP contribution in [0, 0.1) is 6.92 Å². The first-order chi connectivity index (χ1) is 6.41. The van der Waals surface area contributed by atoms with E-state index in [1.54, 1.807) is 6.08 Å². The molecule has 0 aliphatic carbocycles. The molecule has 0 aromatic carbocycles. The Hall–Kier alpha value is -1.30. The molecule has 0 atom stereocenters. The maximum absolute atomic E-state index is 3.57. The van der Waals surface area contributed by atoms with Gasteiger partial charge >= 0.3 is 0 Å². The topological polar surface area (TPSA) is 0 Å². The Morgan fingerprint density at radius 2 is 1.23 bits per heavy atom. The fourth-order valence-corrected chi connectivity index (χ4v) is 0.678. The van der Waals surface area contributed by atoms with E-state index in [9.17, 15) is 0 Å². The molecule has 0 saturated heterocycles. The van der Waals surface area contributed by atoms with E-state index in [2.05, 4.69) is 19.9 Å². The van der Waals surface area contributed by atoms with Gasteiger partial charge in [-0.3, -0.25) is 0 Å². The van der Waals surface area contributed by atoms with Gasteiger partial charge in [0.25, 0.3) is 0 Å². The maximum Gasteiger partial charge on any atom is -0.0313 e. The summed E-state index contributed by atoms with van der Waals surface area (Å²) in [5, 5.41) is 0. The summed E-state index contributed by atoms with van der Waals surface area (Å²) in [5.41, 5.74) is 0.